The van der Waals surface area contributed by atoms with Gasteiger partial charge in [-0.3, -0.25) is 0 Å². The van der Waals surface area contributed by atoms with E-state index in [0.29, 0.717) is 12.8 Å². The Labute approximate surface area is 174 Å². The quantitative estimate of drug-likeness (QED) is 0.535. The second kappa shape index (κ2) is 7.55. The second-order valence-electron chi connectivity index (χ2n) is 7.59. The summed E-state index contributed by atoms with van der Waals surface area (Å²) < 4.78 is 0. The van der Waals surface area contributed by atoms with Gasteiger partial charge in [-0.2, -0.15) is 10.2 Å². The molecular formula is C24H22N4O2. The first-order chi connectivity index (χ1) is 14.7. The van der Waals surface area contributed by atoms with Crippen molar-refractivity contribution in [2.45, 2.75) is 24.9 Å². The lowest BCUT2D eigenvalue weighted by Crippen LogP contribution is -2.13. The maximum atomic E-state index is 10.1. The van der Waals surface area contributed by atoms with Crippen molar-refractivity contribution in [2.24, 2.45) is 10.2 Å². The number of hydrazone groups is 2. The number of phenolic OH excluding ortho intramolecular Hbond substituents is 2. The third-order valence-electron chi connectivity index (χ3n) is 5.65. The molecule has 0 bridgehead atoms. The van der Waals surface area contributed by atoms with E-state index < -0.39 is 0 Å². The van der Waals surface area contributed by atoms with E-state index in [4.69, 9.17) is 0 Å². The van der Waals surface area contributed by atoms with Gasteiger partial charge in [-0.1, -0.05) is 48.5 Å². The minimum Gasteiger partial charge on any atom is -0.507 e. The molecule has 2 heterocycles. The van der Waals surface area contributed by atoms with Gasteiger partial charge in [-0.05, 0) is 35.4 Å². The summed E-state index contributed by atoms with van der Waals surface area (Å²) in [6.07, 6.45) is 1.41. The van der Waals surface area contributed by atoms with Crippen molar-refractivity contribution in [3.8, 4) is 11.5 Å². The summed E-state index contributed by atoms with van der Waals surface area (Å²) in [6.45, 7) is 0. The zero-order chi connectivity index (χ0) is 20.5. The van der Waals surface area contributed by atoms with Crippen LogP contribution in [0, 0.1) is 0 Å². The molecule has 0 aromatic heterocycles. The average Bonchev–Trinajstić information content (AvgIpc) is 3.45. The first-order valence-electron chi connectivity index (χ1n) is 10.00. The summed E-state index contributed by atoms with van der Waals surface area (Å²) in [4.78, 5) is 0. The Morgan fingerprint density at radius 1 is 0.633 bits per heavy atom. The van der Waals surface area contributed by atoms with Crippen LogP contribution in [0.2, 0.25) is 0 Å². The molecule has 5 rings (SSSR count). The standard InChI is InChI=1S/C24H22N4O2/c29-23-10-3-1-8-17(23)21-13-19(25-27-21)15-6-5-7-16(12-15)20-14-22(28-26-20)18-9-2-4-11-24(18)30/h1-12,19-20,25-26,29-30H,13-14H2. The fourth-order valence-corrected chi connectivity index (χ4v) is 4.03. The van der Waals surface area contributed by atoms with E-state index in [1.54, 1.807) is 12.1 Å². The smallest absolute Gasteiger partial charge is 0.124 e. The summed E-state index contributed by atoms with van der Waals surface area (Å²) in [6, 6.07) is 23.0. The normalized spacial score (nSPS) is 20.3. The van der Waals surface area contributed by atoms with Crippen molar-refractivity contribution < 1.29 is 10.2 Å². The van der Waals surface area contributed by atoms with Crippen molar-refractivity contribution in [3.63, 3.8) is 0 Å². The number of hydrogen-bond acceptors (Lipinski definition) is 6. The molecule has 0 saturated heterocycles. The molecule has 6 nitrogen and oxygen atoms in total. The Morgan fingerprint density at radius 3 is 1.57 bits per heavy atom. The van der Waals surface area contributed by atoms with Crippen LogP contribution < -0.4 is 10.9 Å². The molecule has 2 unspecified atom stereocenters. The van der Waals surface area contributed by atoms with E-state index in [0.717, 1.165) is 33.7 Å². The van der Waals surface area contributed by atoms with Gasteiger partial charge in [0.1, 0.15) is 11.5 Å². The Balaban J connectivity index is 1.31. The van der Waals surface area contributed by atoms with Crippen LogP contribution in [0.5, 0.6) is 11.5 Å². The van der Waals surface area contributed by atoms with Crippen LogP contribution in [0.1, 0.15) is 47.2 Å². The molecule has 2 aliphatic heterocycles. The van der Waals surface area contributed by atoms with Gasteiger partial charge in [-0.25, -0.2) is 0 Å². The maximum absolute atomic E-state index is 10.1. The van der Waals surface area contributed by atoms with Crippen molar-refractivity contribution in [2.75, 3.05) is 0 Å². The van der Waals surface area contributed by atoms with E-state index in [-0.39, 0.29) is 23.6 Å². The van der Waals surface area contributed by atoms with Crippen molar-refractivity contribution >= 4 is 11.4 Å². The number of nitrogens with zero attached hydrogens (tertiary/aromatic N) is 2. The van der Waals surface area contributed by atoms with Gasteiger partial charge in [-0.15, -0.1) is 0 Å². The highest BCUT2D eigenvalue weighted by atomic mass is 16.3. The Hall–Kier alpha value is -3.80. The third-order valence-corrected chi connectivity index (χ3v) is 5.65. The van der Waals surface area contributed by atoms with Crippen LogP contribution in [0.25, 0.3) is 0 Å². The van der Waals surface area contributed by atoms with Crippen molar-refractivity contribution in [1.29, 1.82) is 0 Å². The van der Waals surface area contributed by atoms with Crippen LogP contribution in [0.4, 0.5) is 0 Å². The van der Waals surface area contributed by atoms with E-state index >= 15 is 0 Å². The van der Waals surface area contributed by atoms with Crippen LogP contribution >= 0.6 is 0 Å². The molecule has 4 N–H and O–H groups in total. The number of aromatic hydroxyl groups is 2. The molecular weight excluding hydrogens is 376 g/mol. The van der Waals surface area contributed by atoms with Gasteiger partial charge in [0.15, 0.2) is 0 Å². The van der Waals surface area contributed by atoms with E-state index in [1.165, 1.54) is 0 Å². The lowest BCUT2D eigenvalue weighted by atomic mass is 9.94. The SMILES string of the molecule is Oc1ccccc1C1=NNC(c2cccc(C3CC(c4ccccc4O)=NN3)c2)C1. The summed E-state index contributed by atoms with van der Waals surface area (Å²) in [5.41, 5.74) is 11.9. The van der Waals surface area contributed by atoms with E-state index in [1.807, 2.05) is 42.5 Å². The molecule has 0 fully saturated rings. The van der Waals surface area contributed by atoms with Gasteiger partial charge in [0.2, 0.25) is 0 Å². The molecule has 0 spiro atoms. The van der Waals surface area contributed by atoms with Crippen molar-refractivity contribution in [3.05, 3.63) is 95.1 Å². The first-order valence-corrected chi connectivity index (χ1v) is 10.00. The molecule has 2 aliphatic rings. The number of benzene rings is 3. The topological polar surface area (TPSA) is 89.2 Å². The second-order valence-corrected chi connectivity index (χ2v) is 7.59. The van der Waals surface area contributed by atoms with Gasteiger partial charge >= 0.3 is 0 Å². The third kappa shape index (κ3) is 3.37. The number of hydrogen-bond donors (Lipinski definition) is 4. The summed E-state index contributed by atoms with van der Waals surface area (Å²) in [5.74, 6) is 0.493. The summed E-state index contributed by atoms with van der Waals surface area (Å²) >= 11 is 0. The molecule has 30 heavy (non-hydrogen) atoms. The Bertz CT molecular complexity index is 1070. The fraction of sp³-hybridized carbons (Fsp3) is 0.167. The lowest BCUT2D eigenvalue weighted by Gasteiger charge is -2.15. The molecule has 150 valence electrons. The van der Waals surface area contributed by atoms with Crippen LogP contribution in [0.3, 0.4) is 0 Å². The molecule has 0 amide bonds. The van der Waals surface area contributed by atoms with Crippen molar-refractivity contribution in [1.82, 2.24) is 10.9 Å². The average molecular weight is 398 g/mol. The number of phenols is 2. The van der Waals surface area contributed by atoms with E-state index in [2.05, 4.69) is 39.3 Å². The highest BCUT2D eigenvalue weighted by Crippen LogP contribution is 2.32. The van der Waals surface area contributed by atoms with Gasteiger partial charge in [0, 0.05) is 24.0 Å². The maximum Gasteiger partial charge on any atom is 0.124 e. The number of para-hydroxylation sites is 2. The van der Waals surface area contributed by atoms with E-state index in [9.17, 15) is 10.2 Å². The monoisotopic (exact) mass is 398 g/mol. The summed E-state index contributed by atoms with van der Waals surface area (Å²) in [5, 5.41) is 29.1. The molecule has 0 radical (unpaired) electrons. The number of rotatable bonds is 4. The zero-order valence-electron chi connectivity index (χ0n) is 16.3. The Kier molecular flexibility index (Phi) is 4.59. The van der Waals surface area contributed by atoms with Crippen LogP contribution in [0.15, 0.2) is 83.0 Å². The molecule has 3 aromatic rings. The molecule has 0 aliphatic carbocycles. The predicted octanol–water partition coefficient (Wildman–Crippen LogP) is 3.98. The lowest BCUT2D eigenvalue weighted by molar-refractivity contribution is 0.473. The minimum atomic E-state index is 0.0551. The van der Waals surface area contributed by atoms with Gasteiger partial charge in [0.05, 0.1) is 23.5 Å². The molecule has 2 atom stereocenters. The Morgan fingerprint density at radius 2 is 1.10 bits per heavy atom. The highest BCUT2D eigenvalue weighted by Gasteiger charge is 2.26. The van der Waals surface area contributed by atoms with Gasteiger partial charge < -0.3 is 21.1 Å². The predicted molar refractivity (Wildman–Crippen MR) is 117 cm³/mol. The fourth-order valence-electron chi connectivity index (χ4n) is 4.03. The zero-order valence-corrected chi connectivity index (χ0v) is 16.3. The molecule has 0 saturated carbocycles. The molecule has 6 heteroatoms. The van der Waals surface area contributed by atoms with Crippen LogP contribution in [-0.4, -0.2) is 21.6 Å². The summed E-state index contributed by atoms with van der Waals surface area (Å²) in [7, 11) is 0. The number of nitrogens with one attached hydrogen (secondary N) is 2. The largest absolute Gasteiger partial charge is 0.507 e. The van der Waals surface area contributed by atoms with Gasteiger partial charge in [0.25, 0.3) is 0 Å². The highest BCUT2D eigenvalue weighted by molar-refractivity contribution is 6.04. The minimum absolute atomic E-state index is 0.0551. The first kappa shape index (κ1) is 18.2. The molecule has 3 aromatic carbocycles. The van der Waals surface area contributed by atoms with Crippen LogP contribution in [-0.2, 0) is 0 Å².